The number of rotatable bonds is 3. The molecule has 0 radical (unpaired) electrons. The summed E-state index contributed by atoms with van der Waals surface area (Å²) in [6.45, 7) is 1.08. The third-order valence-electron chi connectivity index (χ3n) is 1.55. The molecule has 5 N–H and O–H groups in total. The summed E-state index contributed by atoms with van der Waals surface area (Å²) in [5.41, 5.74) is 12.1. The van der Waals surface area contributed by atoms with Crippen molar-refractivity contribution in [1.82, 2.24) is 0 Å². The Kier molecular flexibility index (Phi) is 3.73. The van der Waals surface area contributed by atoms with Gasteiger partial charge in [0.1, 0.15) is 5.82 Å². The van der Waals surface area contributed by atoms with Crippen molar-refractivity contribution in [1.29, 1.82) is 0 Å². The number of nitrogens with two attached hydrogens (primary N) is 2. The first-order valence-corrected chi connectivity index (χ1v) is 4.91. The third kappa shape index (κ3) is 2.70. The number of hydrogen-bond donors (Lipinski definition) is 3. The first-order chi connectivity index (χ1) is 6.15. The van der Waals surface area contributed by atoms with Gasteiger partial charge in [0.15, 0.2) is 0 Å². The normalized spacial score (nSPS) is 10.1. The molecule has 0 aliphatic rings. The maximum Gasteiger partial charge on any atom is 0.138 e. The molecule has 1 aromatic carbocycles. The van der Waals surface area contributed by atoms with Crippen molar-refractivity contribution in [2.45, 2.75) is 0 Å². The highest BCUT2D eigenvalue weighted by molar-refractivity contribution is 14.1. The number of nitrogens with one attached hydrogen (secondary N) is 1. The van der Waals surface area contributed by atoms with Crippen LogP contribution in [-0.2, 0) is 0 Å². The van der Waals surface area contributed by atoms with Gasteiger partial charge in [-0.25, -0.2) is 4.39 Å². The molecule has 0 fully saturated rings. The Morgan fingerprint density at radius 3 is 2.77 bits per heavy atom. The Balaban J connectivity index is 2.88. The molecule has 0 amide bonds. The molecule has 3 nitrogen and oxygen atoms in total. The van der Waals surface area contributed by atoms with Gasteiger partial charge < -0.3 is 16.8 Å². The van der Waals surface area contributed by atoms with E-state index in [0.29, 0.717) is 28.0 Å². The molecular weight excluding hydrogens is 284 g/mol. The van der Waals surface area contributed by atoms with Crippen LogP contribution in [0.15, 0.2) is 12.1 Å². The topological polar surface area (TPSA) is 64.1 Å². The zero-order valence-electron chi connectivity index (χ0n) is 6.98. The van der Waals surface area contributed by atoms with Crippen LogP contribution in [0.5, 0.6) is 0 Å². The molecule has 1 aromatic rings. The van der Waals surface area contributed by atoms with Gasteiger partial charge in [-0.2, -0.15) is 0 Å². The first-order valence-electron chi connectivity index (χ1n) is 3.83. The molecule has 1 rings (SSSR count). The molecule has 0 aliphatic heterocycles. The van der Waals surface area contributed by atoms with Crippen LogP contribution in [0.2, 0.25) is 0 Å². The molecule has 0 bridgehead atoms. The third-order valence-corrected chi connectivity index (χ3v) is 2.38. The lowest BCUT2D eigenvalue weighted by Crippen LogP contribution is -2.14. The lowest BCUT2D eigenvalue weighted by Gasteiger charge is -2.08. The molecule has 0 heterocycles. The molecule has 0 saturated carbocycles. The Hall–Kier alpha value is -0.560. The van der Waals surface area contributed by atoms with Crippen LogP contribution in [-0.4, -0.2) is 13.1 Å². The minimum Gasteiger partial charge on any atom is -0.397 e. The number of halogens is 2. The highest BCUT2D eigenvalue weighted by Crippen LogP contribution is 2.23. The maximum absolute atomic E-state index is 13.1. The van der Waals surface area contributed by atoms with Gasteiger partial charge >= 0.3 is 0 Å². The second-order valence-corrected chi connectivity index (χ2v) is 3.73. The Labute approximate surface area is 89.8 Å². The number of anilines is 2. The summed E-state index contributed by atoms with van der Waals surface area (Å²) in [6.07, 6.45) is 0. The van der Waals surface area contributed by atoms with Gasteiger partial charge in [-0.15, -0.1) is 0 Å². The van der Waals surface area contributed by atoms with Crippen molar-refractivity contribution in [2.75, 3.05) is 24.1 Å². The molecule has 5 heteroatoms. The minimum atomic E-state index is -0.269. The van der Waals surface area contributed by atoms with Crippen LogP contribution in [0.3, 0.4) is 0 Å². The highest BCUT2D eigenvalue weighted by atomic mass is 127. The van der Waals surface area contributed by atoms with Gasteiger partial charge in [0, 0.05) is 19.2 Å². The molecule has 0 aliphatic carbocycles. The van der Waals surface area contributed by atoms with Gasteiger partial charge in [-0.3, -0.25) is 0 Å². The molecule has 0 atom stereocenters. The predicted octanol–water partition coefficient (Wildman–Crippen LogP) is 1.38. The van der Waals surface area contributed by atoms with Crippen LogP contribution in [0.25, 0.3) is 0 Å². The highest BCUT2D eigenvalue weighted by Gasteiger charge is 2.04. The number of nitrogen functional groups attached to an aromatic ring is 1. The zero-order valence-corrected chi connectivity index (χ0v) is 9.14. The van der Waals surface area contributed by atoms with Crippen LogP contribution < -0.4 is 16.8 Å². The molecule has 13 heavy (non-hydrogen) atoms. The van der Waals surface area contributed by atoms with Crippen molar-refractivity contribution < 1.29 is 4.39 Å². The largest absolute Gasteiger partial charge is 0.397 e. The van der Waals surface area contributed by atoms with Crippen LogP contribution in [0.4, 0.5) is 15.8 Å². The number of benzene rings is 1. The molecule has 0 spiro atoms. The van der Waals surface area contributed by atoms with Gasteiger partial charge in [-0.1, -0.05) is 0 Å². The van der Waals surface area contributed by atoms with E-state index in [1.54, 1.807) is 6.07 Å². The summed E-state index contributed by atoms with van der Waals surface area (Å²) in [7, 11) is 0. The Bertz CT molecular complexity index is 304. The van der Waals surface area contributed by atoms with Crippen molar-refractivity contribution >= 4 is 34.0 Å². The first kappa shape index (κ1) is 10.5. The van der Waals surface area contributed by atoms with Crippen LogP contribution >= 0.6 is 22.6 Å². The maximum atomic E-state index is 13.1. The molecule has 0 saturated heterocycles. The van der Waals surface area contributed by atoms with E-state index in [0.717, 1.165) is 0 Å². The smallest absolute Gasteiger partial charge is 0.138 e. The summed E-state index contributed by atoms with van der Waals surface area (Å²) in [5, 5.41) is 2.94. The average molecular weight is 295 g/mol. The van der Waals surface area contributed by atoms with E-state index in [1.165, 1.54) is 6.07 Å². The van der Waals surface area contributed by atoms with E-state index in [4.69, 9.17) is 11.5 Å². The van der Waals surface area contributed by atoms with Gasteiger partial charge in [0.05, 0.1) is 14.9 Å². The van der Waals surface area contributed by atoms with Crippen molar-refractivity contribution in [3.63, 3.8) is 0 Å². The summed E-state index contributed by atoms with van der Waals surface area (Å²) in [4.78, 5) is 0. The molecular formula is C8H11FIN3. The molecule has 0 aromatic heterocycles. The van der Waals surface area contributed by atoms with Gasteiger partial charge in [0.2, 0.25) is 0 Å². The SMILES string of the molecule is NCCNc1cc(F)c(I)cc1N. The summed E-state index contributed by atoms with van der Waals surface area (Å²) in [6, 6.07) is 2.97. The van der Waals surface area contributed by atoms with Gasteiger partial charge in [-0.05, 0) is 28.7 Å². The zero-order chi connectivity index (χ0) is 9.84. The Morgan fingerprint density at radius 1 is 1.46 bits per heavy atom. The van der Waals surface area contributed by atoms with E-state index >= 15 is 0 Å². The van der Waals surface area contributed by atoms with E-state index in [1.807, 2.05) is 22.6 Å². The fourth-order valence-corrected chi connectivity index (χ4v) is 1.41. The second-order valence-electron chi connectivity index (χ2n) is 2.57. The second kappa shape index (κ2) is 4.61. The standard InChI is InChI=1S/C8H11FIN3/c9-5-3-8(13-2-1-11)7(12)4-6(5)10/h3-4,13H,1-2,11-12H2. The molecule has 0 unspecified atom stereocenters. The lowest BCUT2D eigenvalue weighted by molar-refractivity contribution is 0.621. The van der Waals surface area contributed by atoms with E-state index in [-0.39, 0.29) is 5.82 Å². The van der Waals surface area contributed by atoms with Crippen molar-refractivity contribution in [2.24, 2.45) is 5.73 Å². The quantitative estimate of drug-likeness (QED) is 0.583. The fraction of sp³-hybridized carbons (Fsp3) is 0.250. The summed E-state index contributed by atoms with van der Waals surface area (Å²) in [5.74, 6) is -0.269. The van der Waals surface area contributed by atoms with Gasteiger partial charge in [0.25, 0.3) is 0 Å². The number of hydrogen-bond acceptors (Lipinski definition) is 3. The van der Waals surface area contributed by atoms with E-state index in [2.05, 4.69) is 5.32 Å². The predicted molar refractivity (Wildman–Crippen MR) is 61.1 cm³/mol. The summed E-state index contributed by atoms with van der Waals surface area (Å²) < 4.78 is 13.6. The fourth-order valence-electron chi connectivity index (χ4n) is 0.922. The summed E-state index contributed by atoms with van der Waals surface area (Å²) >= 11 is 1.90. The molecule has 72 valence electrons. The van der Waals surface area contributed by atoms with Crippen LogP contribution in [0.1, 0.15) is 0 Å². The van der Waals surface area contributed by atoms with Crippen molar-refractivity contribution in [3.8, 4) is 0 Å². The minimum absolute atomic E-state index is 0.269. The monoisotopic (exact) mass is 295 g/mol. The van der Waals surface area contributed by atoms with Crippen LogP contribution in [0, 0.1) is 9.39 Å². The van der Waals surface area contributed by atoms with E-state index < -0.39 is 0 Å². The van der Waals surface area contributed by atoms with E-state index in [9.17, 15) is 4.39 Å². The lowest BCUT2D eigenvalue weighted by atomic mass is 10.2. The Morgan fingerprint density at radius 2 is 2.15 bits per heavy atom. The van der Waals surface area contributed by atoms with Crippen molar-refractivity contribution in [3.05, 3.63) is 21.5 Å². The average Bonchev–Trinajstić information content (AvgIpc) is 2.09.